The maximum Gasteiger partial charge on any atom is 0.239 e. The van der Waals surface area contributed by atoms with Crippen molar-refractivity contribution in [1.29, 1.82) is 0 Å². The third-order valence-corrected chi connectivity index (χ3v) is 4.21. The number of amides is 1. The van der Waals surface area contributed by atoms with Crippen molar-refractivity contribution >= 4 is 17.7 Å². The highest BCUT2D eigenvalue weighted by atomic mass is 32.2. The van der Waals surface area contributed by atoms with Crippen molar-refractivity contribution in [2.24, 2.45) is 0 Å². The van der Waals surface area contributed by atoms with Crippen LogP contribution in [-0.4, -0.2) is 48.5 Å². The first kappa shape index (κ1) is 15.8. The van der Waals surface area contributed by atoms with E-state index in [4.69, 9.17) is 0 Å². The van der Waals surface area contributed by atoms with Gasteiger partial charge in [0.1, 0.15) is 0 Å². The van der Waals surface area contributed by atoms with E-state index in [0.29, 0.717) is 0 Å². The maximum atomic E-state index is 12.0. The lowest BCUT2D eigenvalue weighted by Gasteiger charge is -2.21. The van der Waals surface area contributed by atoms with Crippen LogP contribution in [0.3, 0.4) is 0 Å². The molecule has 0 saturated carbocycles. The number of nitrogens with zero attached hydrogens (tertiary/aromatic N) is 1. The van der Waals surface area contributed by atoms with Crippen LogP contribution in [0.1, 0.15) is 45.4 Å². The van der Waals surface area contributed by atoms with Crippen LogP contribution in [0.4, 0.5) is 0 Å². The lowest BCUT2D eigenvalue weighted by atomic mass is 10.2. The summed E-state index contributed by atoms with van der Waals surface area (Å²) in [6.45, 7) is 4.88. The van der Waals surface area contributed by atoms with Crippen molar-refractivity contribution < 1.29 is 4.79 Å². The molecule has 1 saturated heterocycles. The summed E-state index contributed by atoms with van der Waals surface area (Å²) in [5.41, 5.74) is 0. The van der Waals surface area contributed by atoms with Gasteiger partial charge in [0.2, 0.25) is 5.91 Å². The highest BCUT2D eigenvalue weighted by Crippen LogP contribution is 2.09. The van der Waals surface area contributed by atoms with Gasteiger partial charge in [-0.1, -0.05) is 12.8 Å². The molecule has 1 aliphatic rings. The van der Waals surface area contributed by atoms with Crippen molar-refractivity contribution in [3.8, 4) is 0 Å². The van der Waals surface area contributed by atoms with Crippen LogP contribution >= 0.6 is 11.8 Å². The lowest BCUT2D eigenvalue weighted by Crippen LogP contribution is -2.43. The number of thioether (sulfide) groups is 1. The molecule has 1 fully saturated rings. The second kappa shape index (κ2) is 9.68. The first-order chi connectivity index (χ1) is 8.75. The van der Waals surface area contributed by atoms with E-state index < -0.39 is 0 Å². The van der Waals surface area contributed by atoms with Gasteiger partial charge >= 0.3 is 0 Å². The molecule has 1 rings (SSSR count). The van der Waals surface area contributed by atoms with Gasteiger partial charge < -0.3 is 10.2 Å². The van der Waals surface area contributed by atoms with Gasteiger partial charge in [-0.2, -0.15) is 11.8 Å². The monoisotopic (exact) mass is 272 g/mol. The predicted octanol–water partition coefficient (Wildman–Crippen LogP) is 2.51. The minimum atomic E-state index is -0.00528. The number of carbonyl (C=O) groups is 1. The quantitative estimate of drug-likeness (QED) is 0.655. The molecular weight excluding hydrogens is 244 g/mol. The molecule has 1 unspecified atom stereocenters. The summed E-state index contributed by atoms with van der Waals surface area (Å²) in [5.74, 6) is 1.56. The van der Waals surface area contributed by atoms with Gasteiger partial charge in [-0.05, 0) is 51.2 Å². The zero-order chi connectivity index (χ0) is 13.2. The Bertz CT molecular complexity index is 230. The normalized spacial score (nSPS) is 17.1. The number of carbonyl (C=O) groups excluding carboxylic acids is 1. The zero-order valence-corrected chi connectivity index (χ0v) is 12.7. The van der Waals surface area contributed by atoms with E-state index in [-0.39, 0.29) is 11.9 Å². The molecule has 1 amide bonds. The minimum absolute atomic E-state index is 0.00528. The molecule has 0 spiro atoms. The Labute approximate surface area is 116 Å². The summed E-state index contributed by atoms with van der Waals surface area (Å²) in [7, 11) is 0. The number of unbranched alkanes of at least 4 members (excludes halogenated alkanes) is 3. The predicted molar refractivity (Wildman–Crippen MR) is 80.1 cm³/mol. The maximum absolute atomic E-state index is 12.0. The van der Waals surface area contributed by atoms with E-state index >= 15 is 0 Å². The summed E-state index contributed by atoms with van der Waals surface area (Å²) >= 11 is 1.92. The smallest absolute Gasteiger partial charge is 0.239 e. The van der Waals surface area contributed by atoms with Crippen LogP contribution in [0.5, 0.6) is 0 Å². The van der Waals surface area contributed by atoms with Crippen LogP contribution in [0.25, 0.3) is 0 Å². The third kappa shape index (κ3) is 6.10. The molecule has 0 aromatic carbocycles. The van der Waals surface area contributed by atoms with Gasteiger partial charge in [0.05, 0.1) is 6.04 Å². The average Bonchev–Trinajstić information content (AvgIpc) is 2.90. The highest BCUT2D eigenvalue weighted by Gasteiger charge is 2.22. The lowest BCUT2D eigenvalue weighted by molar-refractivity contribution is -0.131. The molecule has 3 nitrogen and oxygen atoms in total. The van der Waals surface area contributed by atoms with Crippen LogP contribution in [0.15, 0.2) is 0 Å². The first-order valence-electron chi connectivity index (χ1n) is 7.27. The van der Waals surface area contributed by atoms with Gasteiger partial charge in [0.25, 0.3) is 0 Å². The molecule has 0 aromatic heterocycles. The molecule has 0 radical (unpaired) electrons. The Morgan fingerprint density at radius 1 is 1.22 bits per heavy atom. The van der Waals surface area contributed by atoms with Crippen molar-refractivity contribution in [3.63, 3.8) is 0 Å². The van der Waals surface area contributed by atoms with Crippen LogP contribution in [0.2, 0.25) is 0 Å². The minimum Gasteiger partial charge on any atom is -0.341 e. The number of likely N-dealkylation sites (tertiary alicyclic amines) is 1. The summed E-state index contributed by atoms with van der Waals surface area (Å²) < 4.78 is 0. The first-order valence-corrected chi connectivity index (χ1v) is 8.66. The van der Waals surface area contributed by atoms with E-state index in [1.54, 1.807) is 0 Å². The molecule has 4 heteroatoms. The number of hydrogen-bond acceptors (Lipinski definition) is 3. The second-order valence-corrected chi connectivity index (χ2v) is 6.10. The van der Waals surface area contributed by atoms with Crippen molar-refractivity contribution in [3.05, 3.63) is 0 Å². The fourth-order valence-corrected chi connectivity index (χ4v) is 2.84. The highest BCUT2D eigenvalue weighted by molar-refractivity contribution is 7.98. The molecule has 1 aliphatic heterocycles. The van der Waals surface area contributed by atoms with Gasteiger partial charge in [0.15, 0.2) is 0 Å². The Morgan fingerprint density at radius 2 is 1.89 bits per heavy atom. The summed E-state index contributed by atoms with van der Waals surface area (Å²) in [5, 5.41) is 3.35. The average molecular weight is 272 g/mol. The molecular formula is C14H28N2OS. The molecule has 1 heterocycles. The number of rotatable bonds is 9. The second-order valence-electron chi connectivity index (χ2n) is 5.12. The fourth-order valence-electron chi connectivity index (χ4n) is 2.34. The number of nitrogens with one attached hydrogen (secondary N) is 1. The molecule has 0 aromatic rings. The Kier molecular flexibility index (Phi) is 8.51. The molecule has 1 atom stereocenters. The molecule has 0 bridgehead atoms. The zero-order valence-electron chi connectivity index (χ0n) is 11.9. The van der Waals surface area contributed by atoms with E-state index in [1.807, 2.05) is 23.6 Å². The van der Waals surface area contributed by atoms with E-state index in [2.05, 4.69) is 11.6 Å². The van der Waals surface area contributed by atoms with Crippen molar-refractivity contribution in [2.45, 2.75) is 51.5 Å². The van der Waals surface area contributed by atoms with Gasteiger partial charge in [-0.15, -0.1) is 0 Å². The van der Waals surface area contributed by atoms with Crippen LogP contribution in [-0.2, 0) is 4.79 Å². The largest absolute Gasteiger partial charge is 0.341 e. The van der Waals surface area contributed by atoms with Crippen LogP contribution in [0, 0.1) is 0 Å². The number of hydrogen-bond donors (Lipinski definition) is 1. The summed E-state index contributed by atoms with van der Waals surface area (Å²) in [6.07, 6.45) is 9.61. The van der Waals surface area contributed by atoms with Gasteiger partial charge in [0, 0.05) is 13.1 Å². The van der Waals surface area contributed by atoms with E-state index in [0.717, 1.165) is 19.6 Å². The fraction of sp³-hybridized carbons (Fsp3) is 0.929. The molecule has 106 valence electrons. The SMILES string of the molecule is CSCCCCCCNC(C)C(=O)N1CCCC1. The Hall–Kier alpha value is -0.220. The molecule has 0 aliphatic carbocycles. The molecule has 18 heavy (non-hydrogen) atoms. The van der Waals surface area contributed by atoms with Crippen LogP contribution < -0.4 is 5.32 Å². The molecule has 1 N–H and O–H groups in total. The standard InChI is InChI=1S/C14H28N2OS/c1-13(14(17)16-10-6-7-11-16)15-9-5-3-4-8-12-18-2/h13,15H,3-12H2,1-2H3. The van der Waals surface area contributed by atoms with E-state index in [9.17, 15) is 4.79 Å². The van der Waals surface area contributed by atoms with Gasteiger partial charge in [-0.25, -0.2) is 0 Å². The third-order valence-electron chi connectivity index (χ3n) is 3.51. The summed E-state index contributed by atoms with van der Waals surface area (Å²) in [6, 6.07) is -0.00528. The Morgan fingerprint density at radius 3 is 2.56 bits per heavy atom. The summed E-state index contributed by atoms with van der Waals surface area (Å²) in [4.78, 5) is 14.0. The van der Waals surface area contributed by atoms with Gasteiger partial charge in [-0.3, -0.25) is 4.79 Å². The Balaban J connectivity index is 1.99. The van der Waals surface area contributed by atoms with E-state index in [1.165, 1.54) is 44.3 Å². The topological polar surface area (TPSA) is 32.3 Å². The van der Waals surface area contributed by atoms with Crippen molar-refractivity contribution in [1.82, 2.24) is 10.2 Å². The van der Waals surface area contributed by atoms with Crippen molar-refractivity contribution in [2.75, 3.05) is 31.6 Å².